The molecule has 0 radical (unpaired) electrons. The molecule has 164 valence electrons. The number of hydrogen-bond donors (Lipinski definition) is 4. The van der Waals surface area contributed by atoms with E-state index in [0.717, 1.165) is 18.4 Å². The zero-order chi connectivity index (χ0) is 22.7. The normalized spacial score (nSPS) is 15.9. The molecule has 0 aromatic heterocycles. The Morgan fingerprint density at radius 3 is 2.45 bits per heavy atom. The quantitative estimate of drug-likeness (QED) is 0.363. The van der Waals surface area contributed by atoms with Crippen LogP contribution in [0, 0.1) is 0 Å². The molecule has 0 saturated heterocycles. The molecule has 6 heteroatoms. The standard InChI is InChI=1S/C25H28O6/c1-14(2)5-4-6-15(3)7-9-17-20(27)12-18-21(28)13-23(31-25(18)24(17)30)16-8-10-19(26)22(29)11-16/h5,7-8,10-12,23,26-27,29-30H,4,6,9,13H2,1-3H3/b15-7+/t23-/m1/s1. The number of carbonyl (C=O) groups is 1. The Kier molecular flexibility index (Phi) is 6.59. The van der Waals surface area contributed by atoms with Crippen LogP contribution in [0.25, 0.3) is 0 Å². The second-order valence-electron chi connectivity index (χ2n) is 8.16. The number of rotatable bonds is 6. The van der Waals surface area contributed by atoms with E-state index in [9.17, 15) is 25.2 Å². The van der Waals surface area contributed by atoms with Gasteiger partial charge in [-0.25, -0.2) is 0 Å². The summed E-state index contributed by atoms with van der Waals surface area (Å²) >= 11 is 0. The average molecular weight is 424 g/mol. The predicted octanol–water partition coefficient (Wildman–Crippen LogP) is 5.45. The number of ether oxygens (including phenoxy) is 1. The lowest BCUT2D eigenvalue weighted by Gasteiger charge is -2.27. The van der Waals surface area contributed by atoms with Crippen molar-refractivity contribution in [1.29, 1.82) is 0 Å². The van der Waals surface area contributed by atoms with Crippen LogP contribution in [0.3, 0.4) is 0 Å². The molecule has 0 unspecified atom stereocenters. The minimum absolute atomic E-state index is 0.0151. The first-order valence-electron chi connectivity index (χ1n) is 10.3. The molecule has 0 saturated carbocycles. The van der Waals surface area contributed by atoms with Crippen molar-refractivity contribution in [3.63, 3.8) is 0 Å². The highest BCUT2D eigenvalue weighted by atomic mass is 16.5. The fourth-order valence-electron chi connectivity index (χ4n) is 3.56. The molecule has 6 nitrogen and oxygen atoms in total. The number of allylic oxidation sites excluding steroid dienone is 4. The third-order valence-electron chi connectivity index (χ3n) is 5.38. The number of phenols is 4. The number of ketones is 1. The minimum atomic E-state index is -0.726. The monoisotopic (exact) mass is 424 g/mol. The number of carbonyl (C=O) groups excluding carboxylic acids is 1. The second-order valence-corrected chi connectivity index (χ2v) is 8.16. The van der Waals surface area contributed by atoms with Crippen molar-refractivity contribution in [2.75, 3.05) is 0 Å². The van der Waals surface area contributed by atoms with Crippen molar-refractivity contribution in [3.8, 4) is 28.7 Å². The fourth-order valence-corrected chi connectivity index (χ4v) is 3.56. The van der Waals surface area contributed by atoms with E-state index in [1.54, 1.807) is 6.07 Å². The first kappa shape index (κ1) is 22.3. The lowest BCUT2D eigenvalue weighted by Crippen LogP contribution is -2.20. The topological polar surface area (TPSA) is 107 Å². The number of aromatic hydroxyl groups is 4. The van der Waals surface area contributed by atoms with Gasteiger partial charge >= 0.3 is 0 Å². The summed E-state index contributed by atoms with van der Waals surface area (Å²) in [5, 5.41) is 40.5. The first-order chi connectivity index (χ1) is 14.7. The Labute approximate surface area is 181 Å². The van der Waals surface area contributed by atoms with Crippen molar-refractivity contribution in [3.05, 3.63) is 64.3 Å². The Morgan fingerprint density at radius 1 is 1.03 bits per heavy atom. The molecule has 0 bridgehead atoms. The van der Waals surface area contributed by atoms with Crippen molar-refractivity contribution < 1.29 is 30.0 Å². The van der Waals surface area contributed by atoms with Gasteiger partial charge < -0.3 is 25.2 Å². The summed E-state index contributed by atoms with van der Waals surface area (Å²) in [5.41, 5.74) is 3.31. The Morgan fingerprint density at radius 2 is 1.77 bits per heavy atom. The van der Waals surface area contributed by atoms with Gasteiger partial charge in [-0.3, -0.25) is 4.79 Å². The van der Waals surface area contributed by atoms with E-state index in [-0.39, 0.29) is 46.5 Å². The number of Topliss-reactive ketones (excluding diaryl/α,β-unsaturated/α-hetero) is 1. The smallest absolute Gasteiger partial charge is 0.173 e. The van der Waals surface area contributed by atoms with Crippen LogP contribution in [0.15, 0.2) is 47.6 Å². The zero-order valence-electron chi connectivity index (χ0n) is 18.0. The van der Waals surface area contributed by atoms with Crippen LogP contribution in [0.2, 0.25) is 0 Å². The van der Waals surface area contributed by atoms with Gasteiger partial charge in [-0.2, -0.15) is 0 Å². The van der Waals surface area contributed by atoms with Gasteiger partial charge in [-0.15, -0.1) is 0 Å². The van der Waals surface area contributed by atoms with Crippen LogP contribution in [-0.2, 0) is 6.42 Å². The van der Waals surface area contributed by atoms with Crippen molar-refractivity contribution in [1.82, 2.24) is 0 Å². The van der Waals surface area contributed by atoms with E-state index in [1.165, 1.54) is 23.8 Å². The highest BCUT2D eigenvalue weighted by Crippen LogP contribution is 2.46. The van der Waals surface area contributed by atoms with Gasteiger partial charge in [-0.05, 0) is 63.8 Å². The van der Waals surface area contributed by atoms with Gasteiger partial charge in [0, 0.05) is 5.56 Å². The molecular weight excluding hydrogens is 396 g/mol. The third kappa shape index (κ3) is 5.02. The van der Waals surface area contributed by atoms with Gasteiger partial charge in [0.05, 0.1) is 12.0 Å². The van der Waals surface area contributed by atoms with Crippen LogP contribution in [0.4, 0.5) is 0 Å². The molecule has 3 rings (SSSR count). The summed E-state index contributed by atoms with van der Waals surface area (Å²) in [4.78, 5) is 12.6. The van der Waals surface area contributed by atoms with Crippen molar-refractivity contribution in [2.24, 2.45) is 0 Å². The molecule has 0 fully saturated rings. The van der Waals surface area contributed by atoms with Crippen LogP contribution in [0.5, 0.6) is 28.7 Å². The summed E-state index contributed by atoms with van der Waals surface area (Å²) in [6.07, 6.45) is 5.46. The lowest BCUT2D eigenvalue weighted by molar-refractivity contribution is 0.0840. The third-order valence-corrected chi connectivity index (χ3v) is 5.38. The minimum Gasteiger partial charge on any atom is -0.507 e. The molecule has 1 heterocycles. The fraction of sp³-hybridized carbons (Fsp3) is 0.320. The molecule has 1 aliphatic rings. The highest BCUT2D eigenvalue weighted by Gasteiger charge is 2.32. The molecule has 2 aromatic rings. The van der Waals surface area contributed by atoms with E-state index in [0.29, 0.717) is 17.5 Å². The summed E-state index contributed by atoms with van der Waals surface area (Å²) in [6.45, 7) is 6.10. The van der Waals surface area contributed by atoms with Gasteiger partial charge in [0.25, 0.3) is 0 Å². The van der Waals surface area contributed by atoms with Crippen LogP contribution >= 0.6 is 0 Å². The molecule has 1 aliphatic heterocycles. The van der Waals surface area contributed by atoms with Crippen molar-refractivity contribution in [2.45, 2.75) is 52.6 Å². The maximum Gasteiger partial charge on any atom is 0.173 e. The Hall–Kier alpha value is -3.41. The largest absolute Gasteiger partial charge is 0.507 e. The Balaban J connectivity index is 1.87. The summed E-state index contributed by atoms with van der Waals surface area (Å²) < 4.78 is 5.90. The molecule has 0 spiro atoms. The second kappa shape index (κ2) is 9.16. The van der Waals surface area contributed by atoms with Gasteiger partial charge in [0.1, 0.15) is 11.9 Å². The van der Waals surface area contributed by atoms with Crippen molar-refractivity contribution >= 4 is 5.78 Å². The summed E-state index contributed by atoms with van der Waals surface area (Å²) in [5.74, 6) is -1.26. The molecule has 31 heavy (non-hydrogen) atoms. The van der Waals surface area contributed by atoms with E-state index in [4.69, 9.17) is 4.74 Å². The highest BCUT2D eigenvalue weighted by molar-refractivity contribution is 6.01. The van der Waals surface area contributed by atoms with Gasteiger partial charge in [0.15, 0.2) is 28.8 Å². The lowest BCUT2D eigenvalue weighted by atomic mass is 9.93. The number of benzene rings is 2. The number of hydrogen-bond acceptors (Lipinski definition) is 6. The van der Waals surface area contributed by atoms with Crippen LogP contribution < -0.4 is 4.74 Å². The van der Waals surface area contributed by atoms with E-state index in [2.05, 4.69) is 19.9 Å². The van der Waals surface area contributed by atoms with E-state index < -0.39 is 6.10 Å². The molecule has 2 aromatic carbocycles. The van der Waals surface area contributed by atoms with Gasteiger partial charge in [-0.1, -0.05) is 29.4 Å². The molecule has 0 aliphatic carbocycles. The summed E-state index contributed by atoms with van der Waals surface area (Å²) in [6, 6.07) is 5.53. The number of fused-ring (bicyclic) bond motifs is 1. The van der Waals surface area contributed by atoms with E-state index in [1.807, 2.05) is 13.0 Å². The maximum absolute atomic E-state index is 12.6. The SMILES string of the molecule is CC(C)=CCC/C(C)=C/Cc1c(O)cc2c(c1O)O[C@@H](c1ccc(O)c(O)c1)CC2=O. The van der Waals surface area contributed by atoms with Crippen LogP contribution in [0.1, 0.15) is 67.6 Å². The van der Waals surface area contributed by atoms with E-state index >= 15 is 0 Å². The predicted molar refractivity (Wildman–Crippen MR) is 118 cm³/mol. The average Bonchev–Trinajstić information content (AvgIpc) is 2.70. The van der Waals surface area contributed by atoms with Gasteiger partial charge in [0.2, 0.25) is 0 Å². The summed E-state index contributed by atoms with van der Waals surface area (Å²) in [7, 11) is 0. The molecule has 4 N–H and O–H groups in total. The first-order valence-corrected chi connectivity index (χ1v) is 10.3. The zero-order valence-corrected chi connectivity index (χ0v) is 18.0. The molecule has 1 atom stereocenters. The number of phenolic OH excluding ortho intramolecular Hbond substituents is 4. The molecule has 0 amide bonds. The molecular formula is C25H28O6. The Bertz CT molecular complexity index is 1060. The van der Waals surface area contributed by atoms with Crippen LogP contribution in [-0.4, -0.2) is 26.2 Å². The maximum atomic E-state index is 12.6.